The molecule has 0 aliphatic rings. The van der Waals surface area contributed by atoms with Crippen molar-refractivity contribution in [1.82, 2.24) is 0 Å². The number of rotatable bonds is 6. The highest BCUT2D eigenvalue weighted by atomic mass is 19.1. The molecule has 0 aromatic heterocycles. The van der Waals surface area contributed by atoms with Crippen LogP contribution in [0.25, 0.3) is 0 Å². The number of carbonyl (C=O) groups is 1. The lowest BCUT2D eigenvalue weighted by atomic mass is 10.1. The molecule has 0 spiro atoms. The van der Waals surface area contributed by atoms with Crippen molar-refractivity contribution in [3.05, 3.63) is 63.2 Å². The van der Waals surface area contributed by atoms with E-state index in [1.165, 1.54) is 26.4 Å². The van der Waals surface area contributed by atoms with Crippen LogP contribution in [0, 0.1) is 21.7 Å². The van der Waals surface area contributed by atoms with Gasteiger partial charge < -0.3 is 14.8 Å². The number of nitro groups is 1. The zero-order chi connectivity index (χ0) is 18.6. The van der Waals surface area contributed by atoms with Gasteiger partial charge in [0.2, 0.25) is 0 Å². The summed E-state index contributed by atoms with van der Waals surface area (Å²) in [6.07, 6.45) is 0. The zero-order valence-electron chi connectivity index (χ0n) is 13.3. The number of nitrogens with one attached hydrogen (secondary N) is 1. The fourth-order valence-corrected chi connectivity index (χ4v) is 2.13. The van der Waals surface area contributed by atoms with E-state index >= 15 is 0 Å². The number of anilines is 1. The molecule has 0 heterocycles. The zero-order valence-corrected chi connectivity index (χ0v) is 13.3. The second kappa shape index (κ2) is 7.56. The summed E-state index contributed by atoms with van der Waals surface area (Å²) in [5.41, 5.74) is -0.392. The van der Waals surface area contributed by atoms with E-state index in [0.29, 0.717) is 6.07 Å². The number of nitrogens with zero attached hydrogens (tertiary/aromatic N) is 1. The summed E-state index contributed by atoms with van der Waals surface area (Å²) >= 11 is 0. The van der Waals surface area contributed by atoms with Gasteiger partial charge in [-0.15, -0.1) is 0 Å². The topological polar surface area (TPSA) is 90.7 Å². The molecule has 132 valence electrons. The Morgan fingerprint density at radius 2 is 1.92 bits per heavy atom. The van der Waals surface area contributed by atoms with Crippen LogP contribution in [0.5, 0.6) is 5.75 Å². The Hall–Kier alpha value is -3.23. The van der Waals surface area contributed by atoms with Gasteiger partial charge in [-0.05, 0) is 18.2 Å². The molecule has 0 atom stereocenters. The lowest BCUT2D eigenvalue weighted by molar-refractivity contribution is -0.385. The third-order valence-electron chi connectivity index (χ3n) is 3.40. The van der Waals surface area contributed by atoms with Crippen molar-refractivity contribution in [3.63, 3.8) is 0 Å². The Labute approximate surface area is 141 Å². The van der Waals surface area contributed by atoms with Crippen LogP contribution in [-0.4, -0.2) is 25.1 Å². The minimum absolute atomic E-state index is 0.0969. The van der Waals surface area contributed by atoms with Crippen molar-refractivity contribution < 1.29 is 28.0 Å². The molecule has 25 heavy (non-hydrogen) atoms. The van der Waals surface area contributed by atoms with E-state index in [2.05, 4.69) is 10.1 Å². The van der Waals surface area contributed by atoms with E-state index in [1.54, 1.807) is 0 Å². The van der Waals surface area contributed by atoms with E-state index in [1.807, 2.05) is 0 Å². The fraction of sp³-hybridized carbons (Fsp3) is 0.188. The van der Waals surface area contributed by atoms with Gasteiger partial charge in [0.15, 0.2) is 11.6 Å². The Morgan fingerprint density at radius 3 is 2.52 bits per heavy atom. The summed E-state index contributed by atoms with van der Waals surface area (Å²) in [6.45, 7) is -0.158. The van der Waals surface area contributed by atoms with Gasteiger partial charge in [-0.2, -0.15) is 0 Å². The predicted octanol–water partition coefficient (Wildman–Crippen LogP) is 3.28. The average molecular weight is 352 g/mol. The normalized spacial score (nSPS) is 10.2. The van der Waals surface area contributed by atoms with Crippen molar-refractivity contribution in [3.8, 4) is 5.75 Å². The summed E-state index contributed by atoms with van der Waals surface area (Å²) in [5.74, 6) is -2.27. The molecule has 0 unspecified atom stereocenters. The number of halogens is 2. The van der Waals surface area contributed by atoms with Gasteiger partial charge in [-0.1, -0.05) is 0 Å². The first-order valence-corrected chi connectivity index (χ1v) is 7.00. The predicted molar refractivity (Wildman–Crippen MR) is 84.7 cm³/mol. The van der Waals surface area contributed by atoms with Gasteiger partial charge in [-0.25, -0.2) is 13.6 Å². The van der Waals surface area contributed by atoms with Crippen molar-refractivity contribution in [2.24, 2.45) is 0 Å². The van der Waals surface area contributed by atoms with E-state index in [9.17, 15) is 23.7 Å². The molecule has 0 aliphatic heterocycles. The summed E-state index contributed by atoms with van der Waals surface area (Å²) in [7, 11) is 2.41. The van der Waals surface area contributed by atoms with Crippen LogP contribution >= 0.6 is 0 Å². The van der Waals surface area contributed by atoms with Crippen LogP contribution in [0.15, 0.2) is 30.3 Å². The smallest absolute Gasteiger partial charge is 0.337 e. The molecule has 0 saturated carbocycles. The third-order valence-corrected chi connectivity index (χ3v) is 3.40. The number of nitro benzene ring substituents is 1. The minimum Gasteiger partial charge on any atom is -0.490 e. The quantitative estimate of drug-likeness (QED) is 0.487. The lowest BCUT2D eigenvalue weighted by Gasteiger charge is -2.11. The molecular formula is C16H14F2N2O5. The molecule has 1 N–H and O–H groups in total. The first-order valence-electron chi connectivity index (χ1n) is 7.00. The van der Waals surface area contributed by atoms with Crippen LogP contribution in [0.4, 0.5) is 20.2 Å². The van der Waals surface area contributed by atoms with Crippen molar-refractivity contribution in [2.75, 3.05) is 19.5 Å². The average Bonchev–Trinajstić information content (AvgIpc) is 2.60. The molecule has 2 aromatic carbocycles. The molecule has 0 radical (unpaired) electrons. The van der Waals surface area contributed by atoms with Crippen LogP contribution < -0.4 is 10.1 Å². The number of benzene rings is 2. The van der Waals surface area contributed by atoms with Gasteiger partial charge in [-0.3, -0.25) is 10.1 Å². The van der Waals surface area contributed by atoms with Gasteiger partial charge >= 0.3 is 11.7 Å². The molecule has 9 heteroatoms. The Bertz CT molecular complexity index is 826. The lowest BCUT2D eigenvalue weighted by Crippen LogP contribution is -2.08. The highest BCUT2D eigenvalue weighted by Gasteiger charge is 2.19. The van der Waals surface area contributed by atoms with Gasteiger partial charge in [0.25, 0.3) is 0 Å². The first kappa shape index (κ1) is 18.1. The van der Waals surface area contributed by atoms with E-state index in [4.69, 9.17) is 4.74 Å². The second-order valence-electron chi connectivity index (χ2n) is 4.91. The summed E-state index contributed by atoms with van der Waals surface area (Å²) in [5, 5.41) is 13.5. The molecule has 0 fully saturated rings. The number of hydrogen-bond acceptors (Lipinski definition) is 6. The fourth-order valence-electron chi connectivity index (χ4n) is 2.13. The monoisotopic (exact) mass is 352 g/mol. The maximum Gasteiger partial charge on any atom is 0.337 e. The molecule has 0 saturated heterocycles. The molecule has 0 aliphatic carbocycles. The number of ether oxygens (including phenoxy) is 2. The summed E-state index contributed by atoms with van der Waals surface area (Å²) in [4.78, 5) is 21.6. The highest BCUT2D eigenvalue weighted by molar-refractivity contribution is 5.89. The molecule has 7 nitrogen and oxygen atoms in total. The van der Waals surface area contributed by atoms with Crippen molar-refractivity contribution in [1.29, 1.82) is 0 Å². The Kier molecular flexibility index (Phi) is 5.48. The molecule has 2 aromatic rings. The maximum atomic E-state index is 14.0. The SMILES string of the molecule is COC(=O)c1ccc(F)c(CNc2cc(OC)c([N+](=O)[O-])cc2F)c1. The van der Waals surface area contributed by atoms with Crippen LogP contribution in [-0.2, 0) is 11.3 Å². The number of esters is 1. The Morgan fingerprint density at radius 1 is 1.20 bits per heavy atom. The Balaban J connectivity index is 2.27. The largest absolute Gasteiger partial charge is 0.490 e. The van der Waals surface area contributed by atoms with Crippen LogP contribution in [0.1, 0.15) is 15.9 Å². The highest BCUT2D eigenvalue weighted by Crippen LogP contribution is 2.32. The maximum absolute atomic E-state index is 14.0. The van der Waals surface area contributed by atoms with Gasteiger partial charge in [0.05, 0.1) is 36.5 Å². The molecule has 0 amide bonds. The van der Waals surface area contributed by atoms with Crippen molar-refractivity contribution in [2.45, 2.75) is 6.54 Å². The second-order valence-corrected chi connectivity index (χ2v) is 4.91. The van der Waals surface area contributed by atoms with Gasteiger partial charge in [0, 0.05) is 18.2 Å². The number of hydrogen-bond donors (Lipinski definition) is 1. The molecular weight excluding hydrogens is 338 g/mol. The first-order chi connectivity index (χ1) is 11.9. The van der Waals surface area contributed by atoms with Crippen LogP contribution in [0.2, 0.25) is 0 Å². The summed E-state index contributed by atoms with van der Waals surface area (Å²) in [6, 6.07) is 5.45. The summed E-state index contributed by atoms with van der Waals surface area (Å²) < 4.78 is 37.3. The van der Waals surface area contributed by atoms with Crippen molar-refractivity contribution >= 4 is 17.3 Å². The van der Waals surface area contributed by atoms with Gasteiger partial charge in [0.1, 0.15) is 5.82 Å². The molecule has 0 bridgehead atoms. The van der Waals surface area contributed by atoms with E-state index < -0.39 is 28.2 Å². The number of methoxy groups -OCH3 is 2. The van der Waals surface area contributed by atoms with E-state index in [-0.39, 0.29) is 29.1 Å². The number of carbonyl (C=O) groups excluding carboxylic acids is 1. The van der Waals surface area contributed by atoms with Crippen LogP contribution in [0.3, 0.4) is 0 Å². The molecule has 2 rings (SSSR count). The van der Waals surface area contributed by atoms with E-state index in [0.717, 1.165) is 12.1 Å². The standard InChI is InChI=1S/C16H14F2N2O5/c1-24-15-7-13(12(18)6-14(15)20(22)23)19-8-10-5-9(16(21)25-2)3-4-11(10)17/h3-7,19H,8H2,1-2H3. The minimum atomic E-state index is -0.892. The third kappa shape index (κ3) is 4.00.